The monoisotopic (exact) mass is 302 g/mol. The first-order valence-corrected chi connectivity index (χ1v) is 6.92. The molecular weight excluding hydrogens is 287 g/mol. The Morgan fingerprint density at radius 2 is 2.21 bits per heavy atom. The predicted octanol–water partition coefficient (Wildman–Crippen LogP) is 1.84. The lowest BCUT2D eigenvalue weighted by Crippen LogP contribution is -2.52. The molecule has 1 aliphatic rings. The average molecular weight is 303 g/mol. The lowest BCUT2D eigenvalue weighted by atomic mass is 9.94. The second kappa shape index (κ2) is 6.09. The van der Waals surface area contributed by atoms with Crippen LogP contribution in [-0.2, 0) is 0 Å². The fourth-order valence-electron chi connectivity index (χ4n) is 2.09. The van der Waals surface area contributed by atoms with Gasteiger partial charge < -0.3 is 15.7 Å². The summed E-state index contributed by atoms with van der Waals surface area (Å²) in [5.41, 5.74) is -0.439. The third kappa shape index (κ3) is 3.83. The summed E-state index contributed by atoms with van der Waals surface area (Å²) in [5.74, 6) is -0.266. The number of hydrogen-bond donors (Lipinski definition) is 3. The first-order valence-electron chi connectivity index (χ1n) is 6.17. The molecule has 19 heavy (non-hydrogen) atoms. The Morgan fingerprint density at radius 3 is 2.84 bits per heavy atom. The summed E-state index contributed by atoms with van der Waals surface area (Å²) in [6.45, 7) is 1.62. The molecule has 0 unspecified atom stereocenters. The van der Waals surface area contributed by atoms with Gasteiger partial charge in [-0.25, -0.2) is 0 Å². The van der Waals surface area contributed by atoms with Gasteiger partial charge in [-0.2, -0.15) is 0 Å². The molecule has 0 aliphatic carbocycles. The summed E-state index contributed by atoms with van der Waals surface area (Å²) >= 11 is 11.7. The molecule has 1 aromatic rings. The Labute approximate surface area is 122 Å². The van der Waals surface area contributed by atoms with Crippen LogP contribution in [0, 0.1) is 0 Å². The van der Waals surface area contributed by atoms with Crippen LogP contribution in [-0.4, -0.2) is 36.2 Å². The van der Waals surface area contributed by atoms with Crippen molar-refractivity contribution in [2.24, 2.45) is 0 Å². The summed E-state index contributed by atoms with van der Waals surface area (Å²) in [4.78, 5) is 11.9. The first-order chi connectivity index (χ1) is 9.00. The highest BCUT2D eigenvalue weighted by molar-refractivity contribution is 6.42. The van der Waals surface area contributed by atoms with Gasteiger partial charge >= 0.3 is 0 Å². The molecule has 1 aromatic carbocycles. The number of piperidine rings is 1. The van der Waals surface area contributed by atoms with Gasteiger partial charge in [0.1, 0.15) is 0 Å². The number of rotatable bonds is 3. The molecule has 4 nitrogen and oxygen atoms in total. The summed E-state index contributed by atoms with van der Waals surface area (Å²) in [5, 5.41) is 16.8. The Hall–Kier alpha value is -0.810. The molecule has 1 heterocycles. The molecule has 3 N–H and O–H groups in total. The van der Waals surface area contributed by atoms with Crippen molar-refractivity contribution < 1.29 is 9.90 Å². The van der Waals surface area contributed by atoms with Crippen molar-refractivity contribution in [1.82, 2.24) is 10.6 Å². The highest BCUT2D eigenvalue weighted by Gasteiger charge is 2.29. The molecule has 1 aliphatic heterocycles. The normalized spacial score (nSPS) is 23.1. The molecule has 1 atom stereocenters. The van der Waals surface area contributed by atoms with Crippen molar-refractivity contribution in [2.45, 2.75) is 18.4 Å². The van der Waals surface area contributed by atoms with Crippen LogP contribution in [0.4, 0.5) is 0 Å². The van der Waals surface area contributed by atoms with Gasteiger partial charge in [-0.05, 0) is 37.6 Å². The van der Waals surface area contributed by atoms with E-state index >= 15 is 0 Å². The van der Waals surface area contributed by atoms with Crippen molar-refractivity contribution in [2.75, 3.05) is 19.6 Å². The third-order valence-corrected chi connectivity index (χ3v) is 3.95. The lowest BCUT2D eigenvalue weighted by molar-refractivity contribution is 0.0170. The van der Waals surface area contributed by atoms with Crippen LogP contribution in [0.5, 0.6) is 0 Å². The molecule has 1 saturated heterocycles. The lowest BCUT2D eigenvalue weighted by Gasteiger charge is -2.32. The number of amides is 1. The van der Waals surface area contributed by atoms with Crippen LogP contribution in [0.2, 0.25) is 10.0 Å². The van der Waals surface area contributed by atoms with Gasteiger partial charge in [-0.1, -0.05) is 23.2 Å². The van der Waals surface area contributed by atoms with Gasteiger partial charge in [-0.15, -0.1) is 0 Å². The fourth-order valence-corrected chi connectivity index (χ4v) is 2.39. The molecule has 1 amide bonds. The zero-order chi connectivity index (χ0) is 13.9. The molecule has 0 bridgehead atoms. The van der Waals surface area contributed by atoms with E-state index in [1.165, 1.54) is 6.07 Å². The van der Waals surface area contributed by atoms with E-state index in [0.717, 1.165) is 13.0 Å². The summed E-state index contributed by atoms with van der Waals surface area (Å²) in [6.07, 6.45) is 1.58. The third-order valence-electron chi connectivity index (χ3n) is 3.21. The smallest absolute Gasteiger partial charge is 0.251 e. The summed E-state index contributed by atoms with van der Waals surface area (Å²) < 4.78 is 0. The zero-order valence-electron chi connectivity index (χ0n) is 10.4. The van der Waals surface area contributed by atoms with Gasteiger partial charge in [0.2, 0.25) is 0 Å². The Kier molecular flexibility index (Phi) is 4.68. The maximum Gasteiger partial charge on any atom is 0.251 e. The number of halogens is 2. The number of benzene rings is 1. The van der Waals surface area contributed by atoms with Crippen LogP contribution in [0.1, 0.15) is 23.2 Å². The van der Waals surface area contributed by atoms with E-state index in [4.69, 9.17) is 23.2 Å². The summed E-state index contributed by atoms with van der Waals surface area (Å²) in [6, 6.07) is 4.70. The largest absolute Gasteiger partial charge is 0.387 e. The number of aliphatic hydroxyl groups is 1. The van der Waals surface area contributed by atoms with Gasteiger partial charge in [0.05, 0.1) is 15.6 Å². The Morgan fingerprint density at radius 1 is 1.42 bits per heavy atom. The second-order valence-electron chi connectivity index (χ2n) is 4.82. The standard InChI is InChI=1S/C13H16Cl2N2O2/c14-10-3-2-9(6-11(10)15)12(18)17-8-13(19)4-1-5-16-7-13/h2-3,6,16,19H,1,4-5,7-8H2,(H,17,18)/t13-/m1/s1. The van der Waals surface area contributed by atoms with Crippen LogP contribution in [0.15, 0.2) is 18.2 Å². The van der Waals surface area contributed by atoms with Crippen LogP contribution >= 0.6 is 23.2 Å². The zero-order valence-corrected chi connectivity index (χ0v) is 11.9. The highest BCUT2D eigenvalue weighted by atomic mass is 35.5. The molecule has 0 radical (unpaired) electrons. The number of hydrogen-bond acceptors (Lipinski definition) is 3. The van der Waals surface area contributed by atoms with E-state index in [-0.39, 0.29) is 12.5 Å². The minimum atomic E-state index is -0.871. The van der Waals surface area contributed by atoms with Crippen molar-refractivity contribution in [3.63, 3.8) is 0 Å². The minimum Gasteiger partial charge on any atom is -0.387 e. The number of β-amino-alcohol motifs (C(OH)–C–C–N with tert-alkyl or cyclic N) is 1. The van der Waals surface area contributed by atoms with Crippen LogP contribution in [0.25, 0.3) is 0 Å². The van der Waals surface area contributed by atoms with E-state index in [1.54, 1.807) is 12.1 Å². The Balaban J connectivity index is 1.95. The van der Waals surface area contributed by atoms with Gasteiger partial charge in [0.15, 0.2) is 0 Å². The first kappa shape index (κ1) is 14.6. The van der Waals surface area contributed by atoms with E-state index in [1.807, 2.05) is 0 Å². The molecular formula is C13H16Cl2N2O2. The minimum absolute atomic E-state index is 0.221. The number of carbonyl (C=O) groups is 1. The molecule has 104 valence electrons. The number of carbonyl (C=O) groups excluding carboxylic acids is 1. The fraction of sp³-hybridized carbons (Fsp3) is 0.462. The quantitative estimate of drug-likeness (QED) is 0.798. The number of nitrogens with one attached hydrogen (secondary N) is 2. The van der Waals surface area contributed by atoms with Gasteiger partial charge in [-0.3, -0.25) is 4.79 Å². The maximum atomic E-state index is 11.9. The molecule has 1 fully saturated rings. The SMILES string of the molecule is O=C(NC[C@@]1(O)CCCNC1)c1ccc(Cl)c(Cl)c1. The Bertz CT molecular complexity index is 474. The van der Waals surface area contributed by atoms with Crippen molar-refractivity contribution in [3.8, 4) is 0 Å². The van der Waals surface area contributed by atoms with E-state index in [9.17, 15) is 9.90 Å². The predicted molar refractivity (Wildman–Crippen MR) is 75.8 cm³/mol. The van der Waals surface area contributed by atoms with E-state index in [2.05, 4.69) is 10.6 Å². The van der Waals surface area contributed by atoms with E-state index in [0.29, 0.717) is 28.6 Å². The van der Waals surface area contributed by atoms with Gasteiger partial charge in [0, 0.05) is 18.7 Å². The van der Waals surface area contributed by atoms with Crippen molar-refractivity contribution in [1.29, 1.82) is 0 Å². The molecule has 2 rings (SSSR count). The van der Waals surface area contributed by atoms with Crippen LogP contribution < -0.4 is 10.6 Å². The highest BCUT2D eigenvalue weighted by Crippen LogP contribution is 2.22. The maximum absolute atomic E-state index is 11.9. The van der Waals surface area contributed by atoms with Crippen LogP contribution in [0.3, 0.4) is 0 Å². The van der Waals surface area contributed by atoms with E-state index < -0.39 is 5.60 Å². The average Bonchev–Trinajstić information content (AvgIpc) is 2.40. The van der Waals surface area contributed by atoms with Gasteiger partial charge in [0.25, 0.3) is 5.91 Å². The molecule has 6 heteroatoms. The molecule has 0 saturated carbocycles. The van der Waals surface area contributed by atoms with Crippen molar-refractivity contribution in [3.05, 3.63) is 33.8 Å². The molecule has 0 spiro atoms. The second-order valence-corrected chi connectivity index (χ2v) is 5.63. The summed E-state index contributed by atoms with van der Waals surface area (Å²) in [7, 11) is 0. The topological polar surface area (TPSA) is 61.4 Å². The molecule has 0 aromatic heterocycles. The van der Waals surface area contributed by atoms with Crippen molar-refractivity contribution >= 4 is 29.1 Å².